The van der Waals surface area contributed by atoms with Crippen LogP contribution in [0.1, 0.15) is 74.6 Å². The predicted molar refractivity (Wildman–Crippen MR) is 124 cm³/mol. The van der Waals surface area contributed by atoms with Crippen LogP contribution < -0.4 is 10.7 Å². The second kappa shape index (κ2) is 8.22. The zero-order valence-corrected chi connectivity index (χ0v) is 20.5. The van der Waals surface area contributed by atoms with E-state index < -0.39 is 42.3 Å². The monoisotopic (exact) mass is 527 g/mol. The van der Waals surface area contributed by atoms with E-state index in [4.69, 9.17) is 0 Å². The first-order chi connectivity index (χ1) is 17.1. The van der Waals surface area contributed by atoms with E-state index in [1.807, 2.05) is 0 Å². The summed E-state index contributed by atoms with van der Waals surface area (Å²) in [6, 6.07) is 2.51. The van der Waals surface area contributed by atoms with Crippen LogP contribution in [-0.4, -0.2) is 33.5 Å². The van der Waals surface area contributed by atoms with E-state index in [2.05, 4.69) is 41.7 Å². The van der Waals surface area contributed by atoms with Gasteiger partial charge in [0.15, 0.2) is 5.69 Å². The Hall–Kier alpha value is -3.05. The Morgan fingerprint density at radius 3 is 2.41 bits per heavy atom. The van der Waals surface area contributed by atoms with Gasteiger partial charge < -0.3 is 5.32 Å². The van der Waals surface area contributed by atoms with E-state index >= 15 is 0 Å². The molecule has 2 heterocycles. The van der Waals surface area contributed by atoms with E-state index in [1.54, 1.807) is 0 Å². The summed E-state index contributed by atoms with van der Waals surface area (Å²) in [7, 11) is 0. The number of nitrogens with zero attached hydrogens (tertiary/aromatic N) is 3. The van der Waals surface area contributed by atoms with Gasteiger partial charge in [0.1, 0.15) is 17.7 Å². The van der Waals surface area contributed by atoms with Gasteiger partial charge in [0.25, 0.3) is 5.91 Å². The van der Waals surface area contributed by atoms with E-state index in [0.717, 1.165) is 43.2 Å². The van der Waals surface area contributed by atoms with Gasteiger partial charge in [-0.15, -0.1) is 0 Å². The maximum absolute atomic E-state index is 14.6. The highest BCUT2D eigenvalue weighted by molar-refractivity contribution is 5.97. The number of aromatic nitrogens is 2. The minimum Gasteiger partial charge on any atom is -0.363 e. The molecule has 2 saturated carbocycles. The fourth-order valence-corrected chi connectivity index (χ4v) is 6.09. The highest BCUT2D eigenvalue weighted by Gasteiger charge is 2.64. The molecule has 0 unspecified atom stereocenters. The number of benzene rings is 1. The predicted octanol–water partition coefficient (Wildman–Crippen LogP) is 6.25. The average molecular weight is 528 g/mol. The number of hydrazone groups is 1. The number of alkyl halides is 5. The van der Waals surface area contributed by atoms with E-state index in [1.165, 1.54) is 12.1 Å². The number of carbonyl (C=O) groups is 1. The molecule has 0 radical (unpaired) electrons. The third-order valence-electron chi connectivity index (χ3n) is 8.92. The molecule has 0 spiro atoms. The van der Waals surface area contributed by atoms with Crippen molar-refractivity contribution in [2.45, 2.75) is 70.6 Å². The summed E-state index contributed by atoms with van der Waals surface area (Å²) in [4.78, 5) is 12.9. The maximum atomic E-state index is 14.6. The number of hydrogen-bond donors (Lipinski definition) is 2. The molecule has 6 nitrogen and oxygen atoms in total. The van der Waals surface area contributed by atoms with Crippen LogP contribution in [-0.2, 0) is 0 Å². The Kier molecular flexibility index (Phi) is 5.69. The van der Waals surface area contributed by atoms with Gasteiger partial charge in [0.2, 0.25) is 0 Å². The zero-order chi connectivity index (χ0) is 27.0. The Bertz CT molecular complexity index is 1250. The SMILES string of the molecule is CC1(C)[C@H]2CC[C@]1(C)/C(=N/NC(=O)c1cc3n(n1)[C@@H](C(F)(F)C(F)(F)F)C[C@@H](c1ccc(F)cc1)N3)C2. The molecule has 4 atom stereocenters. The molecule has 2 N–H and O–H groups in total. The minimum absolute atomic E-state index is 0.0136. The van der Waals surface area contributed by atoms with Gasteiger partial charge >= 0.3 is 12.1 Å². The van der Waals surface area contributed by atoms with Gasteiger partial charge in [-0.25, -0.2) is 14.5 Å². The molecule has 1 aromatic carbocycles. The number of carbonyl (C=O) groups excluding carboxylic acids is 1. The standard InChI is InChI=1S/C25H27F6N5O/c1-22(2)14-8-9-23(22,3)18(10-14)33-34-21(37)17-12-20-32-16(13-4-6-15(26)7-5-13)11-19(36(20)35-17)24(27,28)25(29,30)31/h4-7,12,14,16,19,32H,8-11H2,1-3H3,(H,34,37)/b33-18+/t14-,16-,19+,23+/m0/s1. The molecule has 1 amide bonds. The maximum Gasteiger partial charge on any atom is 0.455 e. The third kappa shape index (κ3) is 3.90. The summed E-state index contributed by atoms with van der Waals surface area (Å²) in [5.74, 6) is -6.26. The topological polar surface area (TPSA) is 71.3 Å². The van der Waals surface area contributed by atoms with Gasteiger partial charge in [-0.05, 0) is 48.3 Å². The van der Waals surface area contributed by atoms with Crippen molar-refractivity contribution in [2.75, 3.05) is 5.32 Å². The van der Waals surface area contributed by atoms with Crippen molar-refractivity contribution < 1.29 is 31.1 Å². The van der Waals surface area contributed by atoms with Crippen molar-refractivity contribution in [1.29, 1.82) is 0 Å². The Morgan fingerprint density at radius 2 is 1.84 bits per heavy atom. The summed E-state index contributed by atoms with van der Waals surface area (Å²) in [6.45, 7) is 6.44. The van der Waals surface area contributed by atoms with Gasteiger partial charge in [-0.3, -0.25) is 4.79 Å². The van der Waals surface area contributed by atoms with Crippen LogP contribution in [0, 0.1) is 22.6 Å². The van der Waals surface area contributed by atoms with Crippen molar-refractivity contribution in [3.05, 3.63) is 47.4 Å². The molecule has 2 fully saturated rings. The van der Waals surface area contributed by atoms with E-state index in [-0.39, 0.29) is 22.3 Å². The lowest BCUT2D eigenvalue weighted by Crippen LogP contribution is -2.47. The molecule has 12 heteroatoms. The summed E-state index contributed by atoms with van der Waals surface area (Å²) in [6.07, 6.45) is -3.81. The molecular weight excluding hydrogens is 500 g/mol. The minimum atomic E-state index is -5.84. The van der Waals surface area contributed by atoms with Crippen LogP contribution in [0.25, 0.3) is 0 Å². The molecule has 37 heavy (non-hydrogen) atoms. The van der Waals surface area contributed by atoms with Crippen LogP contribution in [0.15, 0.2) is 35.4 Å². The Balaban J connectivity index is 1.44. The second-order valence-electron chi connectivity index (χ2n) is 11.0. The van der Waals surface area contributed by atoms with E-state index in [9.17, 15) is 31.1 Å². The molecular formula is C25H27F6N5O. The van der Waals surface area contributed by atoms with Crippen LogP contribution in [0.5, 0.6) is 0 Å². The lowest BCUT2D eigenvalue weighted by molar-refractivity contribution is -0.301. The molecule has 2 aliphatic carbocycles. The normalized spacial score (nSPS) is 29.8. The molecule has 3 aliphatic rings. The number of nitrogens with one attached hydrogen (secondary N) is 2. The average Bonchev–Trinajstić information content (AvgIpc) is 3.41. The summed E-state index contributed by atoms with van der Waals surface area (Å²) in [5.41, 5.74) is 3.06. The highest BCUT2D eigenvalue weighted by Crippen LogP contribution is 2.64. The van der Waals surface area contributed by atoms with Crippen LogP contribution in [0.2, 0.25) is 0 Å². The van der Waals surface area contributed by atoms with Crippen LogP contribution in [0.3, 0.4) is 0 Å². The molecule has 1 aromatic heterocycles. The molecule has 2 aromatic rings. The van der Waals surface area contributed by atoms with E-state index in [0.29, 0.717) is 16.2 Å². The largest absolute Gasteiger partial charge is 0.455 e. The number of anilines is 1. The third-order valence-corrected chi connectivity index (χ3v) is 8.92. The Morgan fingerprint density at radius 1 is 1.16 bits per heavy atom. The lowest BCUT2D eigenvalue weighted by atomic mass is 9.70. The number of halogens is 6. The van der Waals surface area contributed by atoms with Crippen LogP contribution in [0.4, 0.5) is 32.2 Å². The van der Waals surface area contributed by atoms with Crippen molar-refractivity contribution in [3.8, 4) is 0 Å². The van der Waals surface area contributed by atoms with Crippen molar-refractivity contribution >= 4 is 17.4 Å². The molecule has 2 bridgehead atoms. The first-order valence-electron chi connectivity index (χ1n) is 12.1. The first kappa shape index (κ1) is 25.6. The molecule has 1 aliphatic heterocycles. The van der Waals surface area contributed by atoms with Crippen molar-refractivity contribution in [1.82, 2.24) is 15.2 Å². The smallest absolute Gasteiger partial charge is 0.363 e. The molecule has 200 valence electrons. The van der Waals surface area contributed by atoms with Gasteiger partial charge in [0.05, 0.1) is 6.04 Å². The van der Waals surface area contributed by atoms with Gasteiger partial charge in [0, 0.05) is 23.6 Å². The summed E-state index contributed by atoms with van der Waals surface area (Å²) < 4.78 is 83.2. The number of hydrogen-bond acceptors (Lipinski definition) is 4. The van der Waals surface area contributed by atoms with Crippen molar-refractivity contribution in [3.63, 3.8) is 0 Å². The molecule has 0 saturated heterocycles. The lowest BCUT2D eigenvalue weighted by Gasteiger charge is -2.37. The zero-order valence-electron chi connectivity index (χ0n) is 20.5. The van der Waals surface area contributed by atoms with Gasteiger partial charge in [-0.1, -0.05) is 32.9 Å². The fourth-order valence-electron chi connectivity index (χ4n) is 6.09. The number of fused-ring (bicyclic) bond motifs is 3. The number of rotatable bonds is 4. The quantitative estimate of drug-likeness (QED) is 0.365. The fraction of sp³-hybridized carbons (Fsp3) is 0.560. The summed E-state index contributed by atoms with van der Waals surface area (Å²) in [5, 5.41) is 11.0. The second-order valence-corrected chi connectivity index (χ2v) is 11.0. The van der Waals surface area contributed by atoms with Gasteiger partial charge in [-0.2, -0.15) is 32.2 Å². The molecule has 5 rings (SSSR count). The van der Waals surface area contributed by atoms with Crippen LogP contribution >= 0.6 is 0 Å². The first-order valence-corrected chi connectivity index (χ1v) is 12.1. The van der Waals surface area contributed by atoms with Crippen molar-refractivity contribution in [2.24, 2.45) is 21.8 Å². The number of amides is 1. The Labute approximate surface area is 209 Å². The highest BCUT2D eigenvalue weighted by atomic mass is 19.4. The summed E-state index contributed by atoms with van der Waals surface area (Å²) >= 11 is 0.